The molecule has 0 bridgehead atoms. The van der Waals surface area contributed by atoms with Crippen LogP contribution in [-0.4, -0.2) is 46.2 Å². The van der Waals surface area contributed by atoms with Crippen molar-refractivity contribution in [2.45, 2.75) is 37.5 Å². The van der Waals surface area contributed by atoms with Gasteiger partial charge in [-0.05, 0) is 25.5 Å². The van der Waals surface area contributed by atoms with E-state index >= 15 is 0 Å². The summed E-state index contributed by atoms with van der Waals surface area (Å²) in [7, 11) is 0. The normalized spacial score (nSPS) is 27.6. The van der Waals surface area contributed by atoms with Crippen LogP contribution in [0.25, 0.3) is 0 Å². The molecule has 6 nitrogen and oxygen atoms in total. The van der Waals surface area contributed by atoms with E-state index in [1.807, 2.05) is 6.07 Å². The molecule has 0 saturated carbocycles. The van der Waals surface area contributed by atoms with E-state index in [-0.39, 0.29) is 11.6 Å². The van der Waals surface area contributed by atoms with Gasteiger partial charge in [-0.15, -0.1) is 0 Å². The Morgan fingerprint density at radius 2 is 2.25 bits per heavy atom. The molecule has 2 atom stereocenters. The number of hydrogen-bond donors (Lipinski definition) is 1. The predicted octanol–water partition coefficient (Wildman–Crippen LogP) is 2.44. The number of ether oxygens (including phenoxy) is 1. The highest BCUT2D eigenvalue weighted by molar-refractivity contribution is 5.26. The fraction of sp³-hybridized carbons (Fsp3) is 0.529. The summed E-state index contributed by atoms with van der Waals surface area (Å²) in [5.74, 6) is 0.0231. The lowest BCUT2D eigenvalue weighted by atomic mass is 9.88. The third kappa shape index (κ3) is 3.42. The van der Waals surface area contributed by atoms with Crippen molar-refractivity contribution in [3.05, 3.63) is 42.4 Å². The molecule has 2 saturated heterocycles. The smallest absolute Gasteiger partial charge is 0.223 e. The van der Waals surface area contributed by atoms with Crippen molar-refractivity contribution in [1.29, 1.82) is 0 Å². The lowest BCUT2D eigenvalue weighted by molar-refractivity contribution is -0.0533. The Kier molecular flexibility index (Phi) is 4.20. The van der Waals surface area contributed by atoms with Crippen molar-refractivity contribution in [2.24, 2.45) is 0 Å². The molecule has 2 aliphatic rings. The van der Waals surface area contributed by atoms with Crippen LogP contribution < -0.4 is 5.32 Å². The summed E-state index contributed by atoms with van der Waals surface area (Å²) < 4.78 is 24.2. The van der Waals surface area contributed by atoms with Crippen LogP contribution in [0.2, 0.25) is 0 Å². The van der Waals surface area contributed by atoms with Gasteiger partial charge in [0, 0.05) is 25.1 Å². The molecule has 0 unspecified atom stereocenters. The summed E-state index contributed by atoms with van der Waals surface area (Å²) >= 11 is 0. The number of furan rings is 1. The van der Waals surface area contributed by atoms with Gasteiger partial charge in [0.1, 0.15) is 0 Å². The standard InChI is InChI=1S/C17H21FN4O2/c18-14-7-19-16(20-8-14)21-15-6-17(24-11-15)3-1-4-22(12-17)9-13-2-5-23-10-13/h2,5,7-8,10,15H,1,3-4,6,9,11-12H2,(H,19,20,21)/t15-,17+/m0/s1. The molecule has 128 valence electrons. The van der Waals surface area contributed by atoms with Gasteiger partial charge in [-0.3, -0.25) is 4.90 Å². The first kappa shape index (κ1) is 15.5. The van der Waals surface area contributed by atoms with Crippen LogP contribution in [0.5, 0.6) is 0 Å². The van der Waals surface area contributed by atoms with Crippen molar-refractivity contribution < 1.29 is 13.5 Å². The maximum absolute atomic E-state index is 12.9. The molecule has 2 fully saturated rings. The van der Waals surface area contributed by atoms with Gasteiger partial charge in [0.2, 0.25) is 5.95 Å². The van der Waals surface area contributed by atoms with E-state index in [1.165, 1.54) is 18.0 Å². The van der Waals surface area contributed by atoms with Crippen LogP contribution in [0.4, 0.5) is 10.3 Å². The number of hydrogen-bond acceptors (Lipinski definition) is 6. The second kappa shape index (κ2) is 6.49. The molecule has 1 spiro atoms. The number of piperidine rings is 1. The average molecular weight is 332 g/mol. The number of nitrogens with zero attached hydrogens (tertiary/aromatic N) is 3. The summed E-state index contributed by atoms with van der Waals surface area (Å²) in [6, 6.07) is 2.16. The van der Waals surface area contributed by atoms with Gasteiger partial charge in [-0.2, -0.15) is 0 Å². The van der Waals surface area contributed by atoms with E-state index in [0.717, 1.165) is 38.9 Å². The lowest BCUT2D eigenvalue weighted by Gasteiger charge is -2.39. The fourth-order valence-electron chi connectivity index (χ4n) is 3.76. The average Bonchev–Trinajstić information content (AvgIpc) is 3.21. The largest absolute Gasteiger partial charge is 0.472 e. The molecule has 2 aromatic rings. The summed E-state index contributed by atoms with van der Waals surface area (Å²) in [6.45, 7) is 3.51. The van der Waals surface area contributed by atoms with Crippen LogP contribution >= 0.6 is 0 Å². The first-order chi connectivity index (χ1) is 11.7. The Morgan fingerprint density at radius 3 is 3.04 bits per heavy atom. The Morgan fingerprint density at radius 1 is 1.38 bits per heavy atom. The van der Waals surface area contributed by atoms with Crippen LogP contribution in [0.15, 0.2) is 35.4 Å². The lowest BCUT2D eigenvalue weighted by Crippen LogP contribution is -2.47. The quantitative estimate of drug-likeness (QED) is 0.928. The molecule has 0 aliphatic carbocycles. The second-order valence-electron chi connectivity index (χ2n) is 6.71. The predicted molar refractivity (Wildman–Crippen MR) is 85.9 cm³/mol. The highest BCUT2D eigenvalue weighted by Gasteiger charge is 2.43. The third-order valence-corrected chi connectivity index (χ3v) is 4.77. The van der Waals surface area contributed by atoms with Crippen molar-refractivity contribution in [2.75, 3.05) is 25.0 Å². The molecule has 1 N–H and O–H groups in total. The third-order valence-electron chi connectivity index (χ3n) is 4.77. The van der Waals surface area contributed by atoms with Gasteiger partial charge in [0.05, 0.1) is 43.2 Å². The fourth-order valence-corrected chi connectivity index (χ4v) is 3.76. The van der Waals surface area contributed by atoms with Crippen molar-refractivity contribution >= 4 is 5.95 Å². The van der Waals surface area contributed by atoms with Gasteiger partial charge in [0.15, 0.2) is 5.82 Å². The maximum Gasteiger partial charge on any atom is 0.223 e. The summed E-state index contributed by atoms with van der Waals surface area (Å²) in [6.07, 6.45) is 8.96. The zero-order valence-electron chi connectivity index (χ0n) is 13.4. The first-order valence-corrected chi connectivity index (χ1v) is 8.32. The first-order valence-electron chi connectivity index (χ1n) is 8.32. The molecule has 24 heavy (non-hydrogen) atoms. The topological polar surface area (TPSA) is 63.4 Å². The number of likely N-dealkylation sites (tertiary alicyclic amines) is 1. The number of nitrogens with one attached hydrogen (secondary N) is 1. The van der Waals surface area contributed by atoms with E-state index in [2.05, 4.69) is 20.2 Å². The molecule has 4 heterocycles. The van der Waals surface area contributed by atoms with Crippen LogP contribution in [0.3, 0.4) is 0 Å². The zero-order valence-corrected chi connectivity index (χ0v) is 13.4. The van der Waals surface area contributed by atoms with E-state index < -0.39 is 5.82 Å². The van der Waals surface area contributed by atoms with Gasteiger partial charge in [0.25, 0.3) is 0 Å². The number of halogens is 1. The zero-order chi connectivity index (χ0) is 16.4. The summed E-state index contributed by atoms with van der Waals surface area (Å²) in [5, 5.41) is 3.25. The molecule has 0 radical (unpaired) electrons. The van der Waals surface area contributed by atoms with Crippen LogP contribution in [-0.2, 0) is 11.3 Å². The Hall–Kier alpha value is -1.99. The highest BCUT2D eigenvalue weighted by atomic mass is 19.1. The Balaban J connectivity index is 1.36. The number of aromatic nitrogens is 2. The van der Waals surface area contributed by atoms with Gasteiger partial charge in [-0.1, -0.05) is 0 Å². The van der Waals surface area contributed by atoms with E-state index in [9.17, 15) is 4.39 Å². The minimum atomic E-state index is -0.429. The SMILES string of the molecule is Fc1cnc(N[C@@H]2CO[C@]3(CCCN(Cc4ccoc4)C3)C2)nc1. The van der Waals surface area contributed by atoms with E-state index in [1.54, 1.807) is 12.5 Å². The van der Waals surface area contributed by atoms with E-state index in [4.69, 9.17) is 9.15 Å². The van der Waals surface area contributed by atoms with Crippen molar-refractivity contribution in [1.82, 2.24) is 14.9 Å². The van der Waals surface area contributed by atoms with Gasteiger partial charge < -0.3 is 14.5 Å². The van der Waals surface area contributed by atoms with Gasteiger partial charge in [-0.25, -0.2) is 14.4 Å². The molecule has 7 heteroatoms. The minimum Gasteiger partial charge on any atom is -0.472 e. The summed E-state index contributed by atoms with van der Waals surface area (Å²) in [4.78, 5) is 10.4. The number of rotatable bonds is 4. The monoisotopic (exact) mass is 332 g/mol. The van der Waals surface area contributed by atoms with Crippen molar-refractivity contribution in [3.63, 3.8) is 0 Å². The second-order valence-corrected chi connectivity index (χ2v) is 6.71. The Labute approximate surface area is 140 Å². The molecular formula is C17H21FN4O2. The van der Waals surface area contributed by atoms with Crippen molar-refractivity contribution in [3.8, 4) is 0 Å². The highest BCUT2D eigenvalue weighted by Crippen LogP contribution is 2.36. The number of anilines is 1. The Bertz CT molecular complexity index is 664. The summed E-state index contributed by atoms with van der Waals surface area (Å²) in [5.41, 5.74) is 1.08. The molecule has 0 amide bonds. The molecule has 2 aliphatic heterocycles. The molecule has 4 rings (SSSR count). The minimum absolute atomic E-state index is 0.111. The van der Waals surface area contributed by atoms with E-state index in [0.29, 0.717) is 12.6 Å². The van der Waals surface area contributed by atoms with Crippen LogP contribution in [0.1, 0.15) is 24.8 Å². The molecular weight excluding hydrogens is 311 g/mol. The maximum atomic E-state index is 12.9. The molecule has 0 aromatic carbocycles. The van der Waals surface area contributed by atoms with Gasteiger partial charge >= 0.3 is 0 Å². The van der Waals surface area contributed by atoms with Crippen LogP contribution in [0, 0.1) is 5.82 Å². The molecule has 2 aromatic heterocycles.